The molecule has 0 spiro atoms. The van der Waals surface area contributed by atoms with E-state index in [-0.39, 0.29) is 11.2 Å². The van der Waals surface area contributed by atoms with Crippen LogP contribution in [0.15, 0.2) is 18.2 Å². The summed E-state index contributed by atoms with van der Waals surface area (Å²) < 4.78 is 10.5. The van der Waals surface area contributed by atoms with E-state index < -0.39 is 0 Å². The number of rotatable bonds is 5. The normalized spacial score (nSPS) is 22.3. The maximum absolute atomic E-state index is 12.7. The fourth-order valence-electron chi connectivity index (χ4n) is 2.68. The Bertz CT molecular complexity index is 464. The second-order valence-electron chi connectivity index (χ2n) is 4.96. The molecule has 1 unspecified atom stereocenters. The molecular weight excluding hydrogens is 242 g/mol. The van der Waals surface area contributed by atoms with Crippen molar-refractivity contribution >= 4 is 5.78 Å². The number of nitrogens with one attached hydrogen (secondary N) is 1. The topological polar surface area (TPSA) is 47.6 Å². The van der Waals surface area contributed by atoms with E-state index in [2.05, 4.69) is 12.2 Å². The molecule has 0 saturated carbocycles. The van der Waals surface area contributed by atoms with Crippen LogP contribution < -0.4 is 14.8 Å². The Balaban J connectivity index is 2.33. The number of hydrogen-bond donors (Lipinski definition) is 1. The van der Waals surface area contributed by atoms with Gasteiger partial charge in [0.25, 0.3) is 0 Å². The van der Waals surface area contributed by atoms with Crippen LogP contribution >= 0.6 is 0 Å². The summed E-state index contributed by atoms with van der Waals surface area (Å²) in [6.45, 7) is 3.75. The summed E-state index contributed by atoms with van der Waals surface area (Å²) >= 11 is 0. The molecule has 0 bridgehead atoms. The molecule has 0 amide bonds. The van der Waals surface area contributed by atoms with Crippen molar-refractivity contribution in [2.75, 3.05) is 27.3 Å². The van der Waals surface area contributed by atoms with Gasteiger partial charge in [0, 0.05) is 17.5 Å². The van der Waals surface area contributed by atoms with Gasteiger partial charge in [-0.2, -0.15) is 0 Å². The van der Waals surface area contributed by atoms with Crippen LogP contribution in [0.4, 0.5) is 0 Å². The standard InChI is InChI=1S/C15H21NO3/c1-4-15(7-8-16-10-15)14(17)11-5-6-12(18-2)13(9-11)19-3/h5-6,9,16H,4,7-8,10H2,1-3H3. The van der Waals surface area contributed by atoms with E-state index in [1.54, 1.807) is 26.4 Å². The lowest BCUT2D eigenvalue weighted by atomic mass is 9.77. The Labute approximate surface area is 114 Å². The number of ketones is 1. The quantitative estimate of drug-likeness (QED) is 0.828. The highest BCUT2D eigenvalue weighted by Gasteiger charge is 2.39. The van der Waals surface area contributed by atoms with Crippen LogP contribution in [-0.2, 0) is 0 Å². The molecule has 0 aliphatic carbocycles. The predicted molar refractivity (Wildman–Crippen MR) is 74.1 cm³/mol. The van der Waals surface area contributed by atoms with Crippen molar-refractivity contribution in [3.8, 4) is 11.5 Å². The number of hydrogen-bond acceptors (Lipinski definition) is 4. The summed E-state index contributed by atoms with van der Waals surface area (Å²) in [5.74, 6) is 1.45. The Morgan fingerprint density at radius 3 is 2.58 bits per heavy atom. The minimum atomic E-state index is -0.264. The highest BCUT2D eigenvalue weighted by Crippen LogP contribution is 2.36. The van der Waals surface area contributed by atoms with Gasteiger partial charge in [0.05, 0.1) is 14.2 Å². The highest BCUT2D eigenvalue weighted by atomic mass is 16.5. The SMILES string of the molecule is CCC1(C(=O)c2ccc(OC)c(OC)c2)CCNC1. The smallest absolute Gasteiger partial charge is 0.170 e. The Hall–Kier alpha value is -1.55. The third-order valence-electron chi connectivity index (χ3n) is 4.05. The Morgan fingerprint density at radius 1 is 1.32 bits per heavy atom. The third kappa shape index (κ3) is 2.45. The second-order valence-corrected chi connectivity index (χ2v) is 4.96. The fourth-order valence-corrected chi connectivity index (χ4v) is 2.68. The van der Waals surface area contributed by atoms with Crippen LogP contribution in [0.2, 0.25) is 0 Å². The molecule has 1 heterocycles. The maximum atomic E-state index is 12.7. The highest BCUT2D eigenvalue weighted by molar-refractivity contribution is 6.01. The first-order chi connectivity index (χ1) is 9.16. The molecule has 19 heavy (non-hydrogen) atoms. The van der Waals surface area contributed by atoms with Gasteiger partial charge in [-0.25, -0.2) is 0 Å². The number of benzene rings is 1. The first kappa shape index (κ1) is 13.9. The minimum absolute atomic E-state index is 0.195. The molecule has 1 aliphatic heterocycles. The molecule has 4 nitrogen and oxygen atoms in total. The zero-order chi connectivity index (χ0) is 13.9. The molecule has 1 saturated heterocycles. The van der Waals surface area contributed by atoms with E-state index in [9.17, 15) is 4.79 Å². The number of carbonyl (C=O) groups is 1. The van der Waals surface area contributed by atoms with Crippen molar-refractivity contribution in [2.45, 2.75) is 19.8 Å². The lowest BCUT2D eigenvalue weighted by Crippen LogP contribution is -2.32. The fraction of sp³-hybridized carbons (Fsp3) is 0.533. The predicted octanol–water partition coefficient (Wildman–Crippen LogP) is 2.28. The molecule has 1 aliphatic rings. The van der Waals surface area contributed by atoms with E-state index in [0.29, 0.717) is 17.1 Å². The lowest BCUT2D eigenvalue weighted by Gasteiger charge is -2.25. The van der Waals surface area contributed by atoms with E-state index in [4.69, 9.17) is 9.47 Å². The van der Waals surface area contributed by atoms with Gasteiger partial charge in [0.15, 0.2) is 17.3 Å². The van der Waals surface area contributed by atoms with Crippen molar-refractivity contribution in [1.29, 1.82) is 0 Å². The molecule has 104 valence electrons. The van der Waals surface area contributed by atoms with Crippen molar-refractivity contribution in [3.63, 3.8) is 0 Å². The maximum Gasteiger partial charge on any atom is 0.170 e. The molecule has 1 fully saturated rings. The van der Waals surface area contributed by atoms with E-state index in [1.165, 1.54) is 0 Å². The summed E-state index contributed by atoms with van der Waals surface area (Å²) in [5.41, 5.74) is 0.433. The number of Topliss-reactive ketones (excluding diaryl/α,β-unsaturated/α-hetero) is 1. The molecule has 4 heteroatoms. The number of methoxy groups -OCH3 is 2. The molecule has 1 atom stereocenters. The average molecular weight is 263 g/mol. The minimum Gasteiger partial charge on any atom is -0.493 e. The van der Waals surface area contributed by atoms with E-state index >= 15 is 0 Å². The van der Waals surface area contributed by atoms with Gasteiger partial charge in [0.2, 0.25) is 0 Å². The van der Waals surface area contributed by atoms with Crippen molar-refractivity contribution < 1.29 is 14.3 Å². The van der Waals surface area contributed by atoms with E-state index in [0.717, 1.165) is 25.9 Å². The molecule has 1 N–H and O–H groups in total. The van der Waals surface area contributed by atoms with Gasteiger partial charge in [-0.05, 0) is 37.6 Å². The van der Waals surface area contributed by atoms with Crippen LogP contribution in [0.25, 0.3) is 0 Å². The summed E-state index contributed by atoms with van der Waals surface area (Å²) in [7, 11) is 3.17. The number of ether oxygens (including phenoxy) is 2. The molecular formula is C15H21NO3. The second kappa shape index (κ2) is 5.61. The van der Waals surface area contributed by atoms with Crippen LogP contribution in [0.1, 0.15) is 30.1 Å². The first-order valence-corrected chi connectivity index (χ1v) is 6.64. The van der Waals surface area contributed by atoms with Crippen LogP contribution in [0.3, 0.4) is 0 Å². The average Bonchev–Trinajstić information content (AvgIpc) is 2.95. The zero-order valence-electron chi connectivity index (χ0n) is 11.8. The van der Waals surface area contributed by atoms with Gasteiger partial charge in [-0.3, -0.25) is 4.79 Å². The van der Waals surface area contributed by atoms with Crippen molar-refractivity contribution in [2.24, 2.45) is 5.41 Å². The zero-order valence-corrected chi connectivity index (χ0v) is 11.8. The van der Waals surface area contributed by atoms with Crippen LogP contribution in [0.5, 0.6) is 11.5 Å². The van der Waals surface area contributed by atoms with Gasteiger partial charge >= 0.3 is 0 Å². The molecule has 0 radical (unpaired) electrons. The van der Waals surface area contributed by atoms with Crippen LogP contribution in [-0.4, -0.2) is 33.1 Å². The Kier molecular flexibility index (Phi) is 4.10. The largest absolute Gasteiger partial charge is 0.493 e. The van der Waals surface area contributed by atoms with Gasteiger partial charge in [-0.15, -0.1) is 0 Å². The molecule has 1 aromatic rings. The summed E-state index contributed by atoms with van der Waals surface area (Å²) in [6, 6.07) is 5.38. The molecule has 2 rings (SSSR count). The summed E-state index contributed by atoms with van der Waals surface area (Å²) in [4.78, 5) is 12.7. The van der Waals surface area contributed by atoms with Crippen LogP contribution in [0, 0.1) is 5.41 Å². The third-order valence-corrected chi connectivity index (χ3v) is 4.05. The molecule has 1 aromatic carbocycles. The van der Waals surface area contributed by atoms with Crippen molar-refractivity contribution in [3.05, 3.63) is 23.8 Å². The Morgan fingerprint density at radius 2 is 2.05 bits per heavy atom. The monoisotopic (exact) mass is 263 g/mol. The summed E-state index contributed by atoms with van der Waals surface area (Å²) in [6.07, 6.45) is 1.75. The van der Waals surface area contributed by atoms with Gasteiger partial charge in [0.1, 0.15) is 0 Å². The lowest BCUT2D eigenvalue weighted by molar-refractivity contribution is 0.0810. The summed E-state index contributed by atoms with van der Waals surface area (Å²) in [5, 5.41) is 3.29. The van der Waals surface area contributed by atoms with Gasteiger partial charge in [-0.1, -0.05) is 6.92 Å². The van der Waals surface area contributed by atoms with Crippen molar-refractivity contribution in [1.82, 2.24) is 5.32 Å². The molecule has 0 aromatic heterocycles. The number of carbonyl (C=O) groups excluding carboxylic acids is 1. The first-order valence-electron chi connectivity index (χ1n) is 6.64. The van der Waals surface area contributed by atoms with Gasteiger partial charge < -0.3 is 14.8 Å². The van der Waals surface area contributed by atoms with E-state index in [1.807, 2.05) is 6.07 Å².